The van der Waals surface area contributed by atoms with E-state index in [4.69, 9.17) is 20.3 Å². The topological polar surface area (TPSA) is 115 Å². The van der Waals surface area contributed by atoms with Crippen LogP contribution in [-0.2, 0) is 4.74 Å². The number of nitrogens with two attached hydrogens (primary N) is 1. The molecule has 1 amide bonds. The number of carbonyl (C=O) groups is 1. The van der Waals surface area contributed by atoms with E-state index in [-0.39, 0.29) is 12.1 Å². The molecule has 224 valence electrons. The van der Waals surface area contributed by atoms with E-state index in [0.29, 0.717) is 17.9 Å². The number of rotatable bonds is 6. The van der Waals surface area contributed by atoms with Gasteiger partial charge in [-0.15, -0.1) is 0 Å². The largest absolute Gasteiger partial charge is 0.457 e. The van der Waals surface area contributed by atoms with Gasteiger partial charge in [0.2, 0.25) is 0 Å². The van der Waals surface area contributed by atoms with Crippen LogP contribution in [0.5, 0.6) is 11.5 Å². The molecule has 0 radical (unpaired) electrons. The summed E-state index contributed by atoms with van der Waals surface area (Å²) in [6.07, 6.45) is 2.30. The fourth-order valence-corrected chi connectivity index (χ4v) is 6.24. The van der Waals surface area contributed by atoms with Crippen LogP contribution in [-0.4, -0.2) is 97.5 Å². The minimum atomic E-state index is -0.461. The summed E-state index contributed by atoms with van der Waals surface area (Å²) in [6.45, 7) is 11.2. The van der Waals surface area contributed by atoms with Gasteiger partial charge in [-0.05, 0) is 63.6 Å². The highest BCUT2D eigenvalue weighted by Crippen LogP contribution is 2.36. The van der Waals surface area contributed by atoms with Crippen LogP contribution in [0.25, 0.3) is 22.3 Å². The van der Waals surface area contributed by atoms with E-state index < -0.39 is 5.60 Å². The number of aromatic nitrogens is 4. The minimum absolute atomic E-state index is 0.201. The van der Waals surface area contributed by atoms with Gasteiger partial charge in [0.15, 0.2) is 5.65 Å². The maximum atomic E-state index is 12.3. The molecule has 4 aromatic rings. The Morgan fingerprint density at radius 2 is 1.53 bits per heavy atom. The van der Waals surface area contributed by atoms with Crippen molar-refractivity contribution in [2.24, 2.45) is 0 Å². The molecule has 43 heavy (non-hydrogen) atoms. The third-order valence-corrected chi connectivity index (χ3v) is 8.60. The van der Waals surface area contributed by atoms with Crippen molar-refractivity contribution in [3.8, 4) is 22.8 Å². The number of hydrogen-bond donors (Lipinski definition) is 1. The van der Waals surface area contributed by atoms with Crippen LogP contribution in [0.4, 0.5) is 10.6 Å². The molecule has 7 rings (SSSR count). The summed E-state index contributed by atoms with van der Waals surface area (Å²) >= 11 is 0. The zero-order valence-corrected chi connectivity index (χ0v) is 24.9. The van der Waals surface area contributed by atoms with E-state index >= 15 is 0 Å². The Hall–Kier alpha value is -4.22. The molecule has 3 saturated heterocycles. The fraction of sp³-hybridized carbons (Fsp3) is 0.438. The lowest BCUT2D eigenvalue weighted by atomic mass is 9.99. The van der Waals surface area contributed by atoms with Crippen molar-refractivity contribution in [2.75, 3.05) is 45.0 Å². The van der Waals surface area contributed by atoms with Crippen LogP contribution in [0, 0.1) is 0 Å². The van der Waals surface area contributed by atoms with Crippen molar-refractivity contribution in [1.82, 2.24) is 34.4 Å². The fourth-order valence-electron chi connectivity index (χ4n) is 6.24. The van der Waals surface area contributed by atoms with Gasteiger partial charge in [0, 0.05) is 56.9 Å². The molecule has 3 fully saturated rings. The molecule has 1 atom stereocenters. The molecule has 0 aliphatic carbocycles. The lowest BCUT2D eigenvalue weighted by Crippen LogP contribution is -2.70. The van der Waals surface area contributed by atoms with E-state index in [0.717, 1.165) is 79.5 Å². The SMILES string of the molecule is CC(C)(C)OC(=O)N1CC(N2CC(N3CCC(n4nc(-c5ccc(Oc6ccccc6)cc5)c5c(N)ncnc54)C3)C2)C1. The van der Waals surface area contributed by atoms with E-state index in [9.17, 15) is 4.79 Å². The highest BCUT2D eigenvalue weighted by Gasteiger charge is 2.44. The number of para-hydroxylation sites is 1. The van der Waals surface area contributed by atoms with Crippen molar-refractivity contribution < 1.29 is 14.3 Å². The monoisotopic (exact) mass is 582 g/mol. The minimum Gasteiger partial charge on any atom is -0.457 e. The Kier molecular flexibility index (Phi) is 6.94. The molecule has 5 heterocycles. The number of fused-ring (bicyclic) bond motifs is 1. The van der Waals surface area contributed by atoms with Gasteiger partial charge in [0.1, 0.15) is 34.9 Å². The Morgan fingerprint density at radius 3 is 2.26 bits per heavy atom. The average molecular weight is 583 g/mol. The third-order valence-electron chi connectivity index (χ3n) is 8.60. The predicted molar refractivity (Wildman–Crippen MR) is 164 cm³/mol. The maximum Gasteiger partial charge on any atom is 0.410 e. The molecule has 1 unspecified atom stereocenters. The van der Waals surface area contributed by atoms with Gasteiger partial charge in [-0.3, -0.25) is 9.80 Å². The molecule has 0 saturated carbocycles. The van der Waals surface area contributed by atoms with Gasteiger partial charge in [-0.25, -0.2) is 19.4 Å². The Labute approximate surface area is 251 Å². The van der Waals surface area contributed by atoms with Crippen molar-refractivity contribution >= 4 is 22.9 Å². The van der Waals surface area contributed by atoms with Gasteiger partial charge >= 0.3 is 6.09 Å². The predicted octanol–water partition coefficient (Wildman–Crippen LogP) is 4.42. The molecule has 3 aliphatic heterocycles. The summed E-state index contributed by atoms with van der Waals surface area (Å²) < 4.78 is 13.5. The summed E-state index contributed by atoms with van der Waals surface area (Å²) in [6, 6.07) is 18.8. The first-order valence-corrected chi connectivity index (χ1v) is 15.0. The van der Waals surface area contributed by atoms with Crippen molar-refractivity contribution in [1.29, 1.82) is 0 Å². The molecule has 2 aromatic heterocycles. The van der Waals surface area contributed by atoms with Gasteiger partial charge in [0.25, 0.3) is 0 Å². The molecular formula is C32H38N8O3. The Balaban J connectivity index is 1.00. The standard InChI is InChI=1S/C32H38N8O3/c1-32(2,3)43-31(41)39-18-24(19-39)38-16-23(17-38)37-14-13-22(15-37)40-30-27(29(33)34-20-35-30)28(36-40)21-9-11-26(12-10-21)42-25-7-5-4-6-8-25/h4-12,20,22-24H,13-19H2,1-3H3,(H2,33,34,35). The van der Waals surface area contributed by atoms with Gasteiger partial charge in [0.05, 0.1) is 11.4 Å². The maximum absolute atomic E-state index is 12.3. The Bertz CT molecular complexity index is 1610. The lowest BCUT2D eigenvalue weighted by molar-refractivity contribution is -0.0545. The molecule has 3 aliphatic rings. The number of nitrogen functional groups attached to an aromatic ring is 1. The lowest BCUT2D eigenvalue weighted by Gasteiger charge is -2.53. The number of likely N-dealkylation sites (tertiary alicyclic amines) is 3. The van der Waals surface area contributed by atoms with Gasteiger partial charge in [-0.1, -0.05) is 18.2 Å². The summed E-state index contributed by atoms with van der Waals surface area (Å²) in [4.78, 5) is 28.1. The molecule has 0 bridgehead atoms. The molecule has 11 heteroatoms. The van der Waals surface area contributed by atoms with Gasteiger partial charge < -0.3 is 20.1 Å². The zero-order valence-electron chi connectivity index (χ0n) is 24.9. The van der Waals surface area contributed by atoms with Gasteiger partial charge in [-0.2, -0.15) is 5.10 Å². The van der Waals surface area contributed by atoms with Crippen LogP contribution in [0.1, 0.15) is 33.2 Å². The first-order valence-electron chi connectivity index (χ1n) is 15.0. The molecule has 2 N–H and O–H groups in total. The van der Waals surface area contributed by atoms with Crippen LogP contribution in [0.15, 0.2) is 60.9 Å². The first-order chi connectivity index (χ1) is 20.7. The van der Waals surface area contributed by atoms with E-state index in [1.54, 1.807) is 4.90 Å². The van der Waals surface area contributed by atoms with Crippen LogP contribution in [0.2, 0.25) is 0 Å². The third kappa shape index (κ3) is 5.50. The number of ether oxygens (including phenoxy) is 2. The quantitative estimate of drug-likeness (QED) is 0.353. The molecular weight excluding hydrogens is 544 g/mol. The number of anilines is 1. The van der Waals surface area contributed by atoms with Crippen LogP contribution in [0.3, 0.4) is 0 Å². The van der Waals surface area contributed by atoms with Crippen molar-refractivity contribution in [2.45, 2.75) is 50.9 Å². The van der Waals surface area contributed by atoms with E-state index in [1.165, 1.54) is 6.33 Å². The van der Waals surface area contributed by atoms with Crippen molar-refractivity contribution in [3.63, 3.8) is 0 Å². The number of amides is 1. The second-order valence-corrected chi connectivity index (χ2v) is 12.8. The highest BCUT2D eigenvalue weighted by molar-refractivity contribution is 5.98. The second kappa shape index (κ2) is 10.8. The first kappa shape index (κ1) is 27.6. The normalized spacial score (nSPS) is 20.3. The van der Waals surface area contributed by atoms with Crippen LogP contribution >= 0.6 is 0 Å². The summed E-state index contributed by atoms with van der Waals surface area (Å²) in [5.41, 5.74) is 8.42. The second-order valence-electron chi connectivity index (χ2n) is 12.8. The zero-order chi connectivity index (χ0) is 29.7. The summed E-state index contributed by atoms with van der Waals surface area (Å²) in [5.74, 6) is 1.98. The number of carbonyl (C=O) groups excluding carboxylic acids is 1. The number of hydrogen-bond acceptors (Lipinski definition) is 9. The summed E-state index contributed by atoms with van der Waals surface area (Å²) in [7, 11) is 0. The Morgan fingerprint density at radius 1 is 0.860 bits per heavy atom. The van der Waals surface area contributed by atoms with Crippen molar-refractivity contribution in [3.05, 3.63) is 60.9 Å². The highest BCUT2D eigenvalue weighted by atomic mass is 16.6. The number of nitrogens with zero attached hydrogens (tertiary/aromatic N) is 7. The van der Waals surface area contributed by atoms with E-state index in [1.807, 2.05) is 75.4 Å². The average Bonchev–Trinajstić information content (AvgIpc) is 3.55. The molecule has 11 nitrogen and oxygen atoms in total. The molecule has 0 spiro atoms. The van der Waals surface area contributed by atoms with Crippen LogP contribution < -0.4 is 10.5 Å². The summed E-state index contributed by atoms with van der Waals surface area (Å²) in [5, 5.41) is 5.86. The number of benzene rings is 2. The molecule has 2 aromatic carbocycles. The smallest absolute Gasteiger partial charge is 0.410 e. The van der Waals surface area contributed by atoms with E-state index in [2.05, 4.69) is 24.4 Å².